The summed E-state index contributed by atoms with van der Waals surface area (Å²) in [6.45, 7) is 2.29. The molecule has 0 aromatic heterocycles. The lowest BCUT2D eigenvalue weighted by Gasteiger charge is -2.60. The Labute approximate surface area is 207 Å². The fraction of sp³-hybridized carbons (Fsp3) is 0.500. The maximum absolute atomic E-state index is 13.3. The summed E-state index contributed by atoms with van der Waals surface area (Å²) in [6, 6.07) is 14.2. The number of piperidine rings is 1. The van der Waals surface area contributed by atoms with Crippen molar-refractivity contribution in [2.45, 2.75) is 62.1 Å². The lowest BCUT2D eigenvalue weighted by atomic mass is 9.51. The molecule has 1 amide bonds. The number of benzene rings is 2. The van der Waals surface area contributed by atoms with Crippen LogP contribution in [-0.2, 0) is 16.6 Å². The van der Waals surface area contributed by atoms with Gasteiger partial charge in [-0.15, -0.1) is 0 Å². The summed E-state index contributed by atoms with van der Waals surface area (Å²) in [4.78, 5) is 17.9. The van der Waals surface area contributed by atoms with Crippen molar-refractivity contribution in [2.75, 3.05) is 20.1 Å². The Balaban J connectivity index is 1.23. The van der Waals surface area contributed by atoms with Crippen molar-refractivity contribution in [3.05, 3.63) is 65.2 Å². The molecule has 5 heteroatoms. The number of hydrogen-bond acceptors (Lipinski definition) is 4. The molecule has 2 aromatic carbocycles. The normalized spacial score (nSPS) is 32.8. The van der Waals surface area contributed by atoms with Crippen LogP contribution in [0.1, 0.15) is 48.8 Å². The molecule has 5 aliphatic rings. The molecule has 2 aliphatic heterocycles. The van der Waals surface area contributed by atoms with Gasteiger partial charge in [0.05, 0.1) is 6.04 Å². The van der Waals surface area contributed by atoms with Gasteiger partial charge in [0.25, 0.3) is 0 Å². The van der Waals surface area contributed by atoms with Crippen LogP contribution in [0.15, 0.2) is 48.5 Å². The molecule has 0 radical (unpaired) electrons. The first kappa shape index (κ1) is 21.5. The van der Waals surface area contributed by atoms with Crippen molar-refractivity contribution < 1.29 is 14.6 Å². The number of phenolic OH excluding ortho intramolecular Hbond substituents is 1. The highest BCUT2D eigenvalue weighted by molar-refractivity contribution is 5.92. The van der Waals surface area contributed by atoms with Crippen molar-refractivity contribution in [2.24, 2.45) is 11.8 Å². The van der Waals surface area contributed by atoms with Gasteiger partial charge in [0.1, 0.15) is 17.6 Å². The Morgan fingerprint density at radius 1 is 1.17 bits per heavy atom. The minimum atomic E-state index is -0.104. The minimum absolute atomic E-state index is 0.0230. The van der Waals surface area contributed by atoms with Gasteiger partial charge in [-0.05, 0) is 80.7 Å². The van der Waals surface area contributed by atoms with E-state index in [4.69, 9.17) is 4.74 Å². The van der Waals surface area contributed by atoms with Crippen LogP contribution >= 0.6 is 0 Å². The molecule has 2 saturated carbocycles. The Morgan fingerprint density at radius 2 is 2.00 bits per heavy atom. The first-order chi connectivity index (χ1) is 17.1. The fourth-order valence-electron chi connectivity index (χ4n) is 7.88. The first-order valence-corrected chi connectivity index (χ1v) is 13.3. The van der Waals surface area contributed by atoms with E-state index in [0.717, 1.165) is 55.0 Å². The van der Waals surface area contributed by atoms with E-state index >= 15 is 0 Å². The van der Waals surface area contributed by atoms with Crippen LogP contribution in [0.5, 0.6) is 11.5 Å². The van der Waals surface area contributed by atoms with Crippen LogP contribution < -0.4 is 4.74 Å². The van der Waals surface area contributed by atoms with Crippen LogP contribution in [0.4, 0.5) is 0 Å². The predicted octanol–water partition coefficient (Wildman–Crippen LogP) is 4.38. The van der Waals surface area contributed by atoms with Gasteiger partial charge in [-0.3, -0.25) is 9.69 Å². The molecule has 7 rings (SSSR count). The number of hydrogen-bond donors (Lipinski definition) is 1. The fourth-order valence-corrected chi connectivity index (χ4v) is 7.88. The molecule has 1 saturated heterocycles. The summed E-state index contributed by atoms with van der Waals surface area (Å²) < 4.78 is 6.76. The van der Waals surface area contributed by atoms with E-state index < -0.39 is 0 Å². The molecule has 2 aromatic rings. The Kier molecular flexibility index (Phi) is 4.82. The number of carbonyl (C=O) groups is 1. The van der Waals surface area contributed by atoms with Gasteiger partial charge in [0, 0.05) is 42.3 Å². The van der Waals surface area contributed by atoms with Crippen LogP contribution in [0.3, 0.4) is 0 Å². The van der Waals surface area contributed by atoms with E-state index in [0.29, 0.717) is 17.7 Å². The number of ether oxygens (including phenoxy) is 1. The Hall–Kier alpha value is -2.79. The predicted molar refractivity (Wildman–Crippen MR) is 135 cm³/mol. The van der Waals surface area contributed by atoms with Crippen LogP contribution in [0.2, 0.25) is 0 Å². The molecule has 5 atom stereocenters. The number of phenols is 1. The summed E-state index contributed by atoms with van der Waals surface area (Å²) in [5.74, 6) is 2.76. The summed E-state index contributed by atoms with van der Waals surface area (Å²) in [5.41, 5.74) is 3.29. The smallest absolute Gasteiger partial charge is 0.246 e. The monoisotopic (exact) mass is 470 g/mol. The summed E-state index contributed by atoms with van der Waals surface area (Å²) >= 11 is 0. The maximum atomic E-state index is 13.3. The largest absolute Gasteiger partial charge is 0.508 e. The van der Waals surface area contributed by atoms with E-state index in [1.807, 2.05) is 60.5 Å². The van der Waals surface area contributed by atoms with Crippen molar-refractivity contribution in [1.82, 2.24) is 9.80 Å². The number of likely N-dealkylation sites (N-methyl/N-ethyl adjacent to an activating group) is 1. The molecule has 182 valence electrons. The number of nitrogens with zero attached hydrogens (tertiary/aromatic N) is 2. The number of amides is 1. The van der Waals surface area contributed by atoms with Crippen molar-refractivity contribution in [1.29, 1.82) is 0 Å². The summed E-state index contributed by atoms with van der Waals surface area (Å²) in [5, 5.41) is 10.9. The highest BCUT2D eigenvalue weighted by atomic mass is 16.5. The van der Waals surface area contributed by atoms with Gasteiger partial charge in [0.15, 0.2) is 0 Å². The number of rotatable bonds is 5. The van der Waals surface area contributed by atoms with Gasteiger partial charge >= 0.3 is 0 Å². The minimum Gasteiger partial charge on any atom is -0.508 e. The Morgan fingerprint density at radius 3 is 2.80 bits per heavy atom. The summed E-state index contributed by atoms with van der Waals surface area (Å²) in [7, 11) is 1.94. The van der Waals surface area contributed by atoms with Crippen LogP contribution in [0, 0.1) is 11.8 Å². The van der Waals surface area contributed by atoms with Crippen LogP contribution in [0.25, 0.3) is 6.08 Å². The van der Waals surface area contributed by atoms with Gasteiger partial charge in [-0.2, -0.15) is 0 Å². The molecule has 1 N–H and O–H groups in total. The molecule has 2 heterocycles. The molecule has 5 nitrogen and oxygen atoms in total. The van der Waals surface area contributed by atoms with E-state index in [2.05, 4.69) is 4.90 Å². The lowest BCUT2D eigenvalue weighted by molar-refractivity contribution is -0.135. The number of aromatic hydroxyl groups is 1. The zero-order valence-electron chi connectivity index (χ0n) is 20.4. The Bertz CT molecular complexity index is 1190. The van der Waals surface area contributed by atoms with Crippen molar-refractivity contribution in [3.63, 3.8) is 0 Å². The molecular weight excluding hydrogens is 436 g/mol. The van der Waals surface area contributed by atoms with Gasteiger partial charge < -0.3 is 14.7 Å². The third kappa shape index (κ3) is 3.20. The first-order valence-electron chi connectivity index (χ1n) is 13.3. The number of carbonyl (C=O) groups excluding carboxylic acids is 1. The average molecular weight is 471 g/mol. The zero-order valence-corrected chi connectivity index (χ0v) is 20.4. The molecule has 3 aliphatic carbocycles. The summed E-state index contributed by atoms with van der Waals surface area (Å²) in [6.07, 6.45) is 10.3. The molecule has 1 spiro atoms. The van der Waals surface area contributed by atoms with Crippen molar-refractivity contribution in [3.8, 4) is 11.5 Å². The quantitative estimate of drug-likeness (QED) is 0.659. The van der Waals surface area contributed by atoms with E-state index in [9.17, 15) is 9.90 Å². The molecule has 3 fully saturated rings. The highest BCUT2D eigenvalue weighted by Crippen LogP contribution is 2.63. The van der Waals surface area contributed by atoms with Gasteiger partial charge in [-0.25, -0.2) is 0 Å². The second-order valence-corrected chi connectivity index (χ2v) is 11.4. The van der Waals surface area contributed by atoms with Crippen LogP contribution in [-0.4, -0.2) is 59.1 Å². The highest BCUT2D eigenvalue weighted by Gasteiger charge is 2.66. The molecule has 2 bridgehead atoms. The second kappa shape index (κ2) is 7.86. The van der Waals surface area contributed by atoms with E-state index in [-0.39, 0.29) is 23.5 Å². The van der Waals surface area contributed by atoms with E-state index in [1.165, 1.54) is 24.9 Å². The van der Waals surface area contributed by atoms with Gasteiger partial charge in [0.2, 0.25) is 5.91 Å². The third-order valence-corrected chi connectivity index (χ3v) is 9.67. The molecule has 0 unspecified atom stereocenters. The second-order valence-electron chi connectivity index (χ2n) is 11.4. The molecular formula is C30H34N2O3. The topological polar surface area (TPSA) is 53.0 Å². The lowest BCUT2D eigenvalue weighted by Crippen LogP contribution is -2.69. The SMILES string of the molecule is CN(C(=O)C=Cc1ccccc1)[C@H]1CC[C@H]2[C@H]3Cc4c(O)ccc5c4[C@@]2(CCN3CC2CC2)[C@H]1O5. The zero-order chi connectivity index (χ0) is 23.7. The van der Waals surface area contributed by atoms with E-state index in [1.54, 1.807) is 6.08 Å². The standard InChI is InChI=1S/C30H34N2O3/c1-31(27(34)14-9-19-5-3-2-4-6-19)23-11-10-22-24-17-21-25(33)12-13-26-28(21)30(22,29(23)35-26)15-16-32(24)18-20-7-8-20/h2-6,9,12-14,20,22-24,29,33H,7-8,10-11,15-18H2,1H3/t22-,23-,24+,29-,30-/m0/s1. The third-order valence-electron chi connectivity index (χ3n) is 9.67. The molecule has 35 heavy (non-hydrogen) atoms. The average Bonchev–Trinajstić information content (AvgIpc) is 3.64. The maximum Gasteiger partial charge on any atom is 0.246 e. The van der Waals surface area contributed by atoms with Gasteiger partial charge in [-0.1, -0.05) is 30.3 Å². The van der Waals surface area contributed by atoms with Crippen molar-refractivity contribution >= 4 is 12.0 Å². The number of likely N-dealkylation sites (tertiary alicyclic amines) is 1.